The Hall–Kier alpha value is -2.83. The summed E-state index contributed by atoms with van der Waals surface area (Å²) in [6.45, 7) is 5.33. The van der Waals surface area contributed by atoms with Gasteiger partial charge >= 0.3 is 11.6 Å². The molecule has 1 aromatic carbocycles. The van der Waals surface area contributed by atoms with Crippen LogP contribution in [0.1, 0.15) is 43.4 Å². The number of carbonyl (C=O) groups excluding carboxylic acids is 1. The summed E-state index contributed by atoms with van der Waals surface area (Å²) in [4.78, 5) is 35.7. The summed E-state index contributed by atoms with van der Waals surface area (Å²) in [5, 5.41) is 12.5. The van der Waals surface area contributed by atoms with E-state index in [2.05, 4.69) is 5.32 Å². The van der Waals surface area contributed by atoms with Gasteiger partial charge in [0, 0.05) is 5.56 Å². The van der Waals surface area contributed by atoms with Crippen LogP contribution in [0, 0.1) is 12.8 Å². The molecule has 1 atom stereocenters. The molecule has 7 nitrogen and oxygen atoms in total. The molecule has 0 saturated carbocycles. The minimum absolute atomic E-state index is 0.133. The van der Waals surface area contributed by atoms with Crippen LogP contribution < -0.4 is 15.7 Å². The summed E-state index contributed by atoms with van der Waals surface area (Å²) < 4.78 is 11.2. The molecular weight excluding hydrogens is 362 g/mol. The smallest absolute Gasteiger partial charge is 0.339 e. The van der Waals surface area contributed by atoms with Crippen molar-refractivity contribution in [1.29, 1.82) is 0 Å². The lowest BCUT2D eigenvalue weighted by molar-refractivity contribution is -0.142. The molecule has 1 aliphatic rings. The van der Waals surface area contributed by atoms with Gasteiger partial charge in [-0.15, -0.1) is 0 Å². The Morgan fingerprint density at radius 2 is 1.96 bits per heavy atom. The van der Waals surface area contributed by atoms with E-state index in [9.17, 15) is 19.5 Å². The number of nitrogens with one attached hydrogen (secondary N) is 1. The lowest BCUT2D eigenvalue weighted by Crippen LogP contribution is -2.43. The average molecular weight is 387 g/mol. The SMILES string of the molecule is Cc1cc(OCC(=O)N[C@@H](CC(C)C)C(=O)O)c2c3c(c(=O)oc2c1)CCC3. The van der Waals surface area contributed by atoms with E-state index in [0.29, 0.717) is 29.7 Å². The summed E-state index contributed by atoms with van der Waals surface area (Å²) in [6.07, 6.45) is 2.66. The van der Waals surface area contributed by atoms with Gasteiger partial charge in [0.05, 0.1) is 5.39 Å². The maximum absolute atomic E-state index is 12.2. The van der Waals surface area contributed by atoms with Gasteiger partial charge in [-0.05, 0) is 61.8 Å². The second kappa shape index (κ2) is 8.04. The highest BCUT2D eigenvalue weighted by Crippen LogP contribution is 2.35. The lowest BCUT2D eigenvalue weighted by Gasteiger charge is -2.17. The first-order valence-electron chi connectivity index (χ1n) is 9.50. The summed E-state index contributed by atoms with van der Waals surface area (Å²) in [5.41, 5.74) is 2.57. The van der Waals surface area contributed by atoms with Crippen molar-refractivity contribution in [3.05, 3.63) is 39.2 Å². The molecule has 2 N–H and O–H groups in total. The second-order valence-electron chi connectivity index (χ2n) is 7.71. The maximum atomic E-state index is 12.2. The molecule has 0 fully saturated rings. The summed E-state index contributed by atoms with van der Waals surface area (Å²) in [7, 11) is 0. The summed E-state index contributed by atoms with van der Waals surface area (Å²) >= 11 is 0. The number of carbonyl (C=O) groups is 2. The number of aryl methyl sites for hydroxylation is 2. The molecule has 0 spiro atoms. The van der Waals surface area contributed by atoms with Crippen LogP contribution in [0.15, 0.2) is 21.3 Å². The van der Waals surface area contributed by atoms with Gasteiger partial charge in [-0.1, -0.05) is 13.8 Å². The highest BCUT2D eigenvalue weighted by molar-refractivity contribution is 5.90. The minimum Gasteiger partial charge on any atom is -0.483 e. The zero-order valence-electron chi connectivity index (χ0n) is 16.3. The van der Waals surface area contributed by atoms with Gasteiger partial charge in [0.2, 0.25) is 0 Å². The third-order valence-electron chi connectivity index (χ3n) is 4.88. The van der Waals surface area contributed by atoms with E-state index >= 15 is 0 Å². The molecule has 28 heavy (non-hydrogen) atoms. The number of hydrogen-bond acceptors (Lipinski definition) is 5. The first-order valence-corrected chi connectivity index (χ1v) is 9.50. The highest BCUT2D eigenvalue weighted by atomic mass is 16.5. The average Bonchev–Trinajstić information content (AvgIpc) is 3.08. The van der Waals surface area contributed by atoms with Crippen molar-refractivity contribution < 1.29 is 23.8 Å². The quantitative estimate of drug-likeness (QED) is 0.708. The van der Waals surface area contributed by atoms with Crippen LogP contribution in [0.3, 0.4) is 0 Å². The largest absolute Gasteiger partial charge is 0.483 e. The first kappa shape index (κ1) is 19.9. The van der Waals surface area contributed by atoms with Crippen LogP contribution in [0.2, 0.25) is 0 Å². The van der Waals surface area contributed by atoms with Crippen LogP contribution in [0.25, 0.3) is 11.0 Å². The third-order valence-corrected chi connectivity index (χ3v) is 4.88. The molecule has 0 aliphatic heterocycles. The van der Waals surface area contributed by atoms with Crippen LogP contribution in [-0.4, -0.2) is 29.6 Å². The fraction of sp³-hybridized carbons (Fsp3) is 0.476. The predicted octanol–water partition coefficient (Wildman–Crippen LogP) is 2.58. The van der Waals surface area contributed by atoms with E-state index in [1.54, 1.807) is 12.1 Å². The Bertz CT molecular complexity index is 975. The van der Waals surface area contributed by atoms with Gasteiger partial charge in [-0.3, -0.25) is 4.79 Å². The van der Waals surface area contributed by atoms with Gasteiger partial charge < -0.3 is 19.6 Å². The molecule has 1 aromatic heterocycles. The van der Waals surface area contributed by atoms with E-state index in [0.717, 1.165) is 29.4 Å². The number of carboxylic acid groups (broad SMARTS) is 1. The third kappa shape index (κ3) is 4.18. The number of aliphatic carboxylic acids is 1. The Morgan fingerprint density at radius 1 is 1.25 bits per heavy atom. The summed E-state index contributed by atoms with van der Waals surface area (Å²) in [6, 6.07) is 2.63. The molecule has 0 unspecified atom stereocenters. The number of ether oxygens (including phenoxy) is 1. The molecular formula is C21H25NO6. The normalized spacial score (nSPS) is 14.1. The molecule has 3 rings (SSSR count). The molecule has 150 valence electrons. The van der Waals surface area contributed by atoms with Crippen LogP contribution in [0.5, 0.6) is 5.75 Å². The molecule has 2 aromatic rings. The molecule has 0 saturated heterocycles. The Morgan fingerprint density at radius 3 is 2.64 bits per heavy atom. The number of amides is 1. The van der Waals surface area contributed by atoms with E-state index < -0.39 is 17.9 Å². The molecule has 1 amide bonds. The van der Waals surface area contributed by atoms with Gasteiger partial charge in [-0.2, -0.15) is 0 Å². The lowest BCUT2D eigenvalue weighted by atomic mass is 10.0. The van der Waals surface area contributed by atoms with Crippen molar-refractivity contribution in [3.63, 3.8) is 0 Å². The number of hydrogen-bond donors (Lipinski definition) is 2. The van der Waals surface area contributed by atoms with Crippen molar-refractivity contribution in [2.24, 2.45) is 5.92 Å². The number of carboxylic acids is 1. The van der Waals surface area contributed by atoms with Crippen molar-refractivity contribution in [1.82, 2.24) is 5.32 Å². The van der Waals surface area contributed by atoms with Gasteiger partial charge in [0.1, 0.15) is 17.4 Å². The van der Waals surface area contributed by atoms with Crippen LogP contribution in [0.4, 0.5) is 0 Å². The minimum atomic E-state index is -1.07. The maximum Gasteiger partial charge on any atom is 0.339 e. The Labute approximate surface area is 162 Å². The topological polar surface area (TPSA) is 106 Å². The van der Waals surface area contributed by atoms with E-state index in [1.165, 1.54) is 0 Å². The van der Waals surface area contributed by atoms with Gasteiger partial charge in [0.25, 0.3) is 5.91 Å². The number of benzene rings is 1. The van der Waals surface area contributed by atoms with Crippen LogP contribution >= 0.6 is 0 Å². The Balaban J connectivity index is 1.83. The number of rotatable bonds is 7. The molecule has 1 heterocycles. The zero-order valence-corrected chi connectivity index (χ0v) is 16.3. The monoisotopic (exact) mass is 387 g/mol. The fourth-order valence-electron chi connectivity index (χ4n) is 3.69. The standard InChI is InChI=1S/C21H25NO6/c1-11(2)7-15(20(24)25)22-18(23)10-27-16-8-12(3)9-17-19(16)13-5-4-6-14(13)21(26)28-17/h8-9,11,15H,4-7,10H2,1-3H3,(H,22,23)(H,24,25)/t15-/m0/s1. The van der Waals surface area contributed by atoms with Crippen molar-refractivity contribution in [2.75, 3.05) is 6.61 Å². The first-order chi connectivity index (χ1) is 13.3. The van der Waals surface area contributed by atoms with Gasteiger partial charge in [0.15, 0.2) is 6.61 Å². The van der Waals surface area contributed by atoms with E-state index in [1.807, 2.05) is 20.8 Å². The van der Waals surface area contributed by atoms with Crippen molar-refractivity contribution >= 4 is 22.8 Å². The zero-order chi connectivity index (χ0) is 20.4. The molecule has 0 bridgehead atoms. The highest BCUT2D eigenvalue weighted by Gasteiger charge is 2.24. The molecule has 1 aliphatic carbocycles. The van der Waals surface area contributed by atoms with Crippen molar-refractivity contribution in [2.45, 2.75) is 52.5 Å². The fourth-order valence-corrected chi connectivity index (χ4v) is 3.69. The molecule has 0 radical (unpaired) electrons. The second-order valence-corrected chi connectivity index (χ2v) is 7.71. The Kier molecular flexibility index (Phi) is 5.72. The summed E-state index contributed by atoms with van der Waals surface area (Å²) in [5.74, 6) is -0.962. The van der Waals surface area contributed by atoms with Crippen molar-refractivity contribution in [3.8, 4) is 5.75 Å². The predicted molar refractivity (Wildman–Crippen MR) is 104 cm³/mol. The van der Waals surface area contributed by atoms with Crippen LogP contribution in [-0.2, 0) is 22.4 Å². The van der Waals surface area contributed by atoms with E-state index in [-0.39, 0.29) is 18.2 Å². The number of fused-ring (bicyclic) bond motifs is 3. The molecule has 7 heteroatoms. The van der Waals surface area contributed by atoms with Gasteiger partial charge in [-0.25, -0.2) is 9.59 Å². The van der Waals surface area contributed by atoms with E-state index in [4.69, 9.17) is 9.15 Å².